The van der Waals surface area contributed by atoms with Crippen molar-refractivity contribution in [1.82, 2.24) is 24.6 Å². The molecule has 7 heteroatoms. The van der Waals surface area contributed by atoms with Gasteiger partial charge in [-0.05, 0) is 37.0 Å². The van der Waals surface area contributed by atoms with Gasteiger partial charge >= 0.3 is 0 Å². The van der Waals surface area contributed by atoms with Gasteiger partial charge in [0.1, 0.15) is 19.2 Å². The Morgan fingerprint density at radius 1 is 1.03 bits per heavy atom. The summed E-state index contributed by atoms with van der Waals surface area (Å²) in [5, 5.41) is 4.02. The molecule has 1 fully saturated rings. The van der Waals surface area contributed by atoms with Crippen LogP contribution < -0.4 is 0 Å². The summed E-state index contributed by atoms with van der Waals surface area (Å²) in [7, 11) is 1.81. The number of hydrogen-bond donors (Lipinski definition) is 0. The van der Waals surface area contributed by atoms with Crippen molar-refractivity contribution in [2.45, 2.75) is 26.8 Å². The molecule has 0 N–H and O–H groups in total. The highest BCUT2D eigenvalue weighted by Gasteiger charge is 2.30. The largest absolute Gasteiger partial charge is 0.344 e. The van der Waals surface area contributed by atoms with Gasteiger partial charge in [-0.3, -0.25) is 9.59 Å². The summed E-state index contributed by atoms with van der Waals surface area (Å²) in [6, 6.07) is 14.9. The third-order valence-corrected chi connectivity index (χ3v) is 5.98. The van der Waals surface area contributed by atoms with Gasteiger partial charge in [-0.1, -0.05) is 53.6 Å². The highest BCUT2D eigenvalue weighted by atomic mass is 16.2. The van der Waals surface area contributed by atoms with Crippen LogP contribution in [0.3, 0.4) is 0 Å². The van der Waals surface area contributed by atoms with Gasteiger partial charge in [-0.2, -0.15) is 5.10 Å². The van der Waals surface area contributed by atoms with Crippen molar-refractivity contribution in [1.29, 1.82) is 0 Å². The van der Waals surface area contributed by atoms with Gasteiger partial charge in [0.05, 0.1) is 5.92 Å². The summed E-state index contributed by atoms with van der Waals surface area (Å²) in [5.74, 6) is -0.234. The Balaban J connectivity index is 1.48. The second kappa shape index (κ2) is 9.34. The molecule has 1 aliphatic heterocycles. The third kappa shape index (κ3) is 5.04. The Bertz CT molecular complexity index is 1070. The van der Waals surface area contributed by atoms with Crippen molar-refractivity contribution in [2.75, 3.05) is 26.7 Å². The monoisotopic (exact) mass is 431 g/mol. The van der Waals surface area contributed by atoms with Gasteiger partial charge < -0.3 is 9.80 Å². The van der Waals surface area contributed by atoms with Crippen LogP contribution in [0.25, 0.3) is 11.1 Å². The molecule has 3 aromatic rings. The maximum Gasteiger partial charge on any atom is 0.244 e. The first-order valence-electron chi connectivity index (χ1n) is 10.9. The summed E-state index contributed by atoms with van der Waals surface area (Å²) < 4.78 is 1.51. The van der Waals surface area contributed by atoms with E-state index >= 15 is 0 Å². The van der Waals surface area contributed by atoms with Crippen molar-refractivity contribution in [3.8, 4) is 11.1 Å². The van der Waals surface area contributed by atoms with E-state index in [1.807, 2.05) is 7.05 Å². The van der Waals surface area contributed by atoms with E-state index in [1.165, 1.54) is 34.0 Å². The Kier molecular flexibility index (Phi) is 6.35. The van der Waals surface area contributed by atoms with Crippen LogP contribution in [-0.4, -0.2) is 63.1 Å². The maximum atomic E-state index is 13.0. The van der Waals surface area contributed by atoms with E-state index in [0.717, 1.165) is 11.1 Å². The predicted octanol–water partition coefficient (Wildman–Crippen LogP) is 2.72. The van der Waals surface area contributed by atoms with Crippen LogP contribution in [0.4, 0.5) is 0 Å². The summed E-state index contributed by atoms with van der Waals surface area (Å²) >= 11 is 0. The zero-order chi connectivity index (χ0) is 22.7. The quantitative estimate of drug-likeness (QED) is 0.623. The number of amides is 2. The van der Waals surface area contributed by atoms with Gasteiger partial charge in [0, 0.05) is 26.7 Å². The average molecular weight is 432 g/mol. The summed E-state index contributed by atoms with van der Waals surface area (Å²) in [4.78, 5) is 33.2. The number of likely N-dealkylation sites (N-methyl/N-ethyl adjacent to an activating group) is 1. The topological polar surface area (TPSA) is 71.3 Å². The molecule has 7 nitrogen and oxygen atoms in total. The van der Waals surface area contributed by atoms with Crippen molar-refractivity contribution >= 4 is 11.8 Å². The number of rotatable bonds is 5. The molecule has 2 heterocycles. The van der Waals surface area contributed by atoms with Gasteiger partial charge in [0.25, 0.3) is 0 Å². The first-order chi connectivity index (χ1) is 15.4. The molecule has 0 aliphatic carbocycles. The standard InChI is InChI=1S/C25H29N5O2/c1-18-10-19(2)12-22(11-18)21-6-4-20(5-7-21)13-23-14-29(9-8-28(3)25(23)32)24(31)15-30-17-26-16-27-30/h4-7,10-12,16-17,23H,8-9,13-15H2,1-3H3. The number of nitrogens with zero attached hydrogens (tertiary/aromatic N) is 5. The fourth-order valence-electron chi connectivity index (χ4n) is 4.32. The molecule has 0 bridgehead atoms. The Hall–Kier alpha value is -3.48. The van der Waals surface area contributed by atoms with E-state index in [0.29, 0.717) is 26.1 Å². The maximum absolute atomic E-state index is 13.0. The molecule has 1 unspecified atom stereocenters. The Labute approximate surface area is 188 Å². The fraction of sp³-hybridized carbons (Fsp3) is 0.360. The molecular weight excluding hydrogens is 402 g/mol. The molecule has 2 aromatic carbocycles. The molecule has 0 saturated carbocycles. The number of hydrogen-bond acceptors (Lipinski definition) is 4. The zero-order valence-corrected chi connectivity index (χ0v) is 18.9. The van der Waals surface area contributed by atoms with Crippen LogP contribution in [0.5, 0.6) is 0 Å². The number of aryl methyl sites for hydroxylation is 2. The van der Waals surface area contributed by atoms with Crippen LogP contribution in [0.2, 0.25) is 0 Å². The molecule has 166 valence electrons. The van der Waals surface area contributed by atoms with Crippen molar-refractivity contribution in [3.63, 3.8) is 0 Å². The minimum absolute atomic E-state index is 0.0474. The third-order valence-electron chi connectivity index (χ3n) is 5.98. The first-order valence-corrected chi connectivity index (χ1v) is 10.9. The second-order valence-corrected chi connectivity index (χ2v) is 8.67. The summed E-state index contributed by atoms with van der Waals surface area (Å²) in [6.45, 7) is 5.82. The van der Waals surface area contributed by atoms with E-state index in [9.17, 15) is 9.59 Å². The number of carbonyl (C=O) groups is 2. The van der Waals surface area contributed by atoms with Crippen molar-refractivity contribution in [3.05, 3.63) is 71.8 Å². The average Bonchev–Trinajstić information content (AvgIpc) is 3.23. The highest BCUT2D eigenvalue weighted by molar-refractivity contribution is 5.82. The molecule has 0 radical (unpaired) electrons. The molecular formula is C25H29N5O2. The molecule has 1 atom stereocenters. The lowest BCUT2D eigenvalue weighted by Gasteiger charge is -2.23. The van der Waals surface area contributed by atoms with Gasteiger partial charge in [0.15, 0.2) is 0 Å². The van der Waals surface area contributed by atoms with Crippen LogP contribution in [0.15, 0.2) is 55.1 Å². The lowest BCUT2D eigenvalue weighted by atomic mass is 9.95. The number of benzene rings is 2. The van der Waals surface area contributed by atoms with Crippen LogP contribution >= 0.6 is 0 Å². The van der Waals surface area contributed by atoms with E-state index in [1.54, 1.807) is 9.80 Å². The van der Waals surface area contributed by atoms with Crippen LogP contribution in [-0.2, 0) is 22.6 Å². The van der Waals surface area contributed by atoms with Crippen LogP contribution in [0.1, 0.15) is 16.7 Å². The van der Waals surface area contributed by atoms with E-state index in [2.05, 4.69) is 66.4 Å². The Morgan fingerprint density at radius 3 is 2.41 bits per heavy atom. The first kappa shape index (κ1) is 21.7. The number of aromatic nitrogens is 3. The number of carbonyl (C=O) groups excluding carboxylic acids is 2. The minimum Gasteiger partial charge on any atom is -0.344 e. The predicted molar refractivity (Wildman–Crippen MR) is 123 cm³/mol. The fourth-order valence-corrected chi connectivity index (χ4v) is 4.32. The summed E-state index contributed by atoms with van der Waals surface area (Å²) in [5.41, 5.74) is 5.94. The molecule has 2 amide bonds. The van der Waals surface area contributed by atoms with Gasteiger partial charge in [0.2, 0.25) is 11.8 Å². The van der Waals surface area contributed by atoms with Gasteiger partial charge in [-0.15, -0.1) is 0 Å². The normalized spacial score (nSPS) is 16.8. The van der Waals surface area contributed by atoms with E-state index in [-0.39, 0.29) is 24.3 Å². The Morgan fingerprint density at radius 2 is 1.75 bits per heavy atom. The van der Waals surface area contributed by atoms with E-state index in [4.69, 9.17) is 0 Å². The molecule has 1 aromatic heterocycles. The van der Waals surface area contributed by atoms with Gasteiger partial charge in [-0.25, -0.2) is 9.67 Å². The smallest absolute Gasteiger partial charge is 0.244 e. The SMILES string of the molecule is Cc1cc(C)cc(-c2ccc(CC3CN(C(=O)Cn4cncn4)CCN(C)C3=O)cc2)c1. The summed E-state index contributed by atoms with van der Waals surface area (Å²) in [6.07, 6.45) is 3.54. The molecule has 32 heavy (non-hydrogen) atoms. The molecule has 4 rings (SSSR count). The minimum atomic E-state index is -0.269. The lowest BCUT2D eigenvalue weighted by Crippen LogP contribution is -2.39. The highest BCUT2D eigenvalue weighted by Crippen LogP contribution is 2.24. The lowest BCUT2D eigenvalue weighted by molar-refractivity contribution is -0.134. The zero-order valence-electron chi connectivity index (χ0n) is 18.9. The van der Waals surface area contributed by atoms with Crippen LogP contribution in [0, 0.1) is 19.8 Å². The van der Waals surface area contributed by atoms with E-state index < -0.39 is 0 Å². The molecule has 1 aliphatic rings. The van der Waals surface area contributed by atoms with Crippen molar-refractivity contribution < 1.29 is 9.59 Å². The molecule has 1 saturated heterocycles. The second-order valence-electron chi connectivity index (χ2n) is 8.67. The van der Waals surface area contributed by atoms with Crippen molar-refractivity contribution in [2.24, 2.45) is 5.92 Å². The molecule has 0 spiro atoms.